The fourth-order valence-corrected chi connectivity index (χ4v) is 4.92. The molecule has 1 saturated carbocycles. The van der Waals surface area contributed by atoms with Gasteiger partial charge in [0.25, 0.3) is 0 Å². The van der Waals surface area contributed by atoms with Crippen molar-refractivity contribution in [3.05, 3.63) is 76.5 Å². The lowest BCUT2D eigenvalue weighted by Gasteiger charge is -2.12. The van der Waals surface area contributed by atoms with Crippen molar-refractivity contribution in [3.8, 4) is 11.1 Å². The molecule has 0 N–H and O–H groups in total. The van der Waals surface area contributed by atoms with Gasteiger partial charge in [0.2, 0.25) is 0 Å². The van der Waals surface area contributed by atoms with Crippen LogP contribution in [0, 0.1) is 12.7 Å². The maximum atomic E-state index is 14.6. The maximum absolute atomic E-state index is 14.6. The zero-order chi connectivity index (χ0) is 20.9. The van der Waals surface area contributed by atoms with Gasteiger partial charge in [-0.25, -0.2) is 9.37 Å². The minimum Gasteiger partial charge on any atom is -0.269 e. The van der Waals surface area contributed by atoms with Gasteiger partial charge in [0.05, 0.1) is 0 Å². The van der Waals surface area contributed by atoms with Crippen molar-refractivity contribution in [1.82, 2.24) is 24.6 Å². The summed E-state index contributed by atoms with van der Waals surface area (Å²) in [5.41, 5.74) is 8.44. The lowest BCUT2D eigenvalue weighted by atomic mass is 9.98. The first-order chi connectivity index (χ1) is 15.2. The van der Waals surface area contributed by atoms with Crippen LogP contribution in [0.1, 0.15) is 59.0 Å². The third-order valence-electron chi connectivity index (χ3n) is 6.77. The Kier molecular flexibility index (Phi) is 4.33. The quantitative estimate of drug-likeness (QED) is 0.472. The second-order valence-electron chi connectivity index (χ2n) is 8.83. The highest BCUT2D eigenvalue weighted by Crippen LogP contribution is 2.40. The van der Waals surface area contributed by atoms with Gasteiger partial charge in [-0.05, 0) is 79.8 Å². The predicted octanol–water partition coefficient (Wildman–Crippen LogP) is 4.79. The number of pyridine rings is 1. The molecular weight excluding hydrogens is 389 g/mol. The highest BCUT2D eigenvalue weighted by atomic mass is 19.1. The van der Waals surface area contributed by atoms with Crippen LogP contribution in [0.15, 0.2) is 36.9 Å². The molecule has 2 aliphatic carbocycles. The van der Waals surface area contributed by atoms with Gasteiger partial charge in [0.1, 0.15) is 18.0 Å². The Hall–Kier alpha value is -3.15. The second kappa shape index (κ2) is 7.22. The third-order valence-corrected chi connectivity index (χ3v) is 6.77. The number of aryl methyl sites for hydroxylation is 3. The van der Waals surface area contributed by atoms with Crippen LogP contribution in [-0.2, 0) is 25.7 Å². The molecule has 0 unspecified atom stereocenters. The number of halogens is 1. The molecule has 0 radical (unpaired) electrons. The topological polar surface area (TPSA) is 56.0 Å². The molecule has 2 aliphatic rings. The molecule has 6 heteroatoms. The van der Waals surface area contributed by atoms with Gasteiger partial charge in [-0.1, -0.05) is 6.07 Å². The predicted molar refractivity (Wildman–Crippen MR) is 117 cm³/mol. The zero-order valence-electron chi connectivity index (χ0n) is 17.6. The van der Waals surface area contributed by atoms with Crippen LogP contribution in [0.4, 0.5) is 4.39 Å². The van der Waals surface area contributed by atoms with Gasteiger partial charge in [-0.3, -0.25) is 9.38 Å². The summed E-state index contributed by atoms with van der Waals surface area (Å²) < 4.78 is 16.5. The largest absolute Gasteiger partial charge is 0.269 e. The molecule has 3 heterocycles. The van der Waals surface area contributed by atoms with E-state index in [-0.39, 0.29) is 5.82 Å². The molecule has 156 valence electrons. The van der Waals surface area contributed by atoms with E-state index < -0.39 is 0 Å². The van der Waals surface area contributed by atoms with Gasteiger partial charge in [0.15, 0.2) is 5.65 Å². The van der Waals surface area contributed by atoms with Gasteiger partial charge < -0.3 is 0 Å². The van der Waals surface area contributed by atoms with E-state index in [1.807, 2.05) is 22.9 Å². The number of fused-ring (bicyclic) bond motifs is 2. The Morgan fingerprint density at radius 2 is 1.94 bits per heavy atom. The summed E-state index contributed by atoms with van der Waals surface area (Å²) in [5, 5.41) is 8.51. The van der Waals surface area contributed by atoms with Crippen LogP contribution in [0.5, 0.6) is 0 Å². The SMILES string of the molecule is Cc1cc(C2CC2)ncc1-c1cnc(CCc2c(F)ccc3c2CCC3)n2cnnc12. The van der Waals surface area contributed by atoms with Crippen molar-refractivity contribution >= 4 is 5.65 Å². The highest BCUT2D eigenvalue weighted by Gasteiger charge is 2.25. The normalized spacial score (nSPS) is 15.5. The van der Waals surface area contributed by atoms with E-state index >= 15 is 0 Å². The molecule has 0 atom stereocenters. The van der Waals surface area contributed by atoms with Crippen molar-refractivity contribution in [2.45, 2.75) is 57.8 Å². The summed E-state index contributed by atoms with van der Waals surface area (Å²) in [6, 6.07) is 5.75. The van der Waals surface area contributed by atoms with Crippen LogP contribution in [0.3, 0.4) is 0 Å². The van der Waals surface area contributed by atoms with E-state index in [1.165, 1.54) is 35.2 Å². The number of nitrogens with zero attached hydrogens (tertiary/aromatic N) is 5. The molecule has 0 spiro atoms. The van der Waals surface area contributed by atoms with Crippen LogP contribution < -0.4 is 0 Å². The summed E-state index contributed by atoms with van der Waals surface area (Å²) in [6.45, 7) is 2.11. The van der Waals surface area contributed by atoms with E-state index in [0.29, 0.717) is 18.8 Å². The van der Waals surface area contributed by atoms with E-state index in [9.17, 15) is 4.39 Å². The molecule has 3 aromatic heterocycles. The Balaban J connectivity index is 1.33. The first-order valence-electron chi connectivity index (χ1n) is 11.1. The third kappa shape index (κ3) is 3.21. The van der Waals surface area contributed by atoms with Crippen molar-refractivity contribution in [2.75, 3.05) is 0 Å². The number of hydrogen-bond donors (Lipinski definition) is 0. The lowest BCUT2D eigenvalue weighted by Crippen LogP contribution is -2.07. The Labute approximate surface area is 180 Å². The molecule has 0 bridgehead atoms. The first kappa shape index (κ1) is 18.6. The van der Waals surface area contributed by atoms with Crippen LogP contribution in [0.25, 0.3) is 16.8 Å². The van der Waals surface area contributed by atoms with Crippen LogP contribution in [0.2, 0.25) is 0 Å². The van der Waals surface area contributed by atoms with Gasteiger partial charge in [-0.2, -0.15) is 0 Å². The van der Waals surface area contributed by atoms with Crippen LogP contribution in [-0.4, -0.2) is 24.6 Å². The number of hydrogen-bond acceptors (Lipinski definition) is 4. The van der Waals surface area contributed by atoms with E-state index in [2.05, 4.69) is 28.2 Å². The number of rotatable bonds is 5. The van der Waals surface area contributed by atoms with Crippen molar-refractivity contribution in [1.29, 1.82) is 0 Å². The molecule has 0 aliphatic heterocycles. The van der Waals surface area contributed by atoms with Gasteiger partial charge in [0, 0.05) is 41.6 Å². The Bertz CT molecular complexity index is 1310. The lowest BCUT2D eigenvalue weighted by molar-refractivity contribution is 0.603. The summed E-state index contributed by atoms with van der Waals surface area (Å²) >= 11 is 0. The molecule has 1 aromatic carbocycles. The highest BCUT2D eigenvalue weighted by molar-refractivity contribution is 5.78. The average Bonchev–Trinajstić information content (AvgIpc) is 3.30. The number of aromatic nitrogens is 5. The van der Waals surface area contributed by atoms with Crippen molar-refractivity contribution < 1.29 is 4.39 Å². The molecule has 5 nitrogen and oxygen atoms in total. The fraction of sp³-hybridized carbons (Fsp3) is 0.360. The molecule has 4 aromatic rings. The van der Waals surface area contributed by atoms with E-state index in [0.717, 1.165) is 47.4 Å². The monoisotopic (exact) mass is 413 g/mol. The van der Waals surface area contributed by atoms with Crippen LogP contribution >= 0.6 is 0 Å². The molecular formula is C25H24FN5. The maximum Gasteiger partial charge on any atom is 0.171 e. The average molecular weight is 414 g/mol. The molecule has 6 rings (SSSR count). The van der Waals surface area contributed by atoms with E-state index in [4.69, 9.17) is 4.98 Å². The summed E-state index contributed by atoms with van der Waals surface area (Å²) in [5.74, 6) is 1.37. The van der Waals surface area contributed by atoms with Gasteiger partial charge in [-0.15, -0.1) is 10.2 Å². The smallest absolute Gasteiger partial charge is 0.171 e. The van der Waals surface area contributed by atoms with E-state index in [1.54, 1.807) is 12.4 Å². The zero-order valence-corrected chi connectivity index (χ0v) is 17.6. The molecule has 1 fully saturated rings. The molecule has 31 heavy (non-hydrogen) atoms. The summed E-state index contributed by atoms with van der Waals surface area (Å²) in [4.78, 5) is 9.42. The molecule has 0 saturated heterocycles. The Morgan fingerprint density at radius 3 is 2.77 bits per heavy atom. The van der Waals surface area contributed by atoms with Crippen molar-refractivity contribution in [2.24, 2.45) is 0 Å². The summed E-state index contributed by atoms with van der Waals surface area (Å²) in [7, 11) is 0. The number of benzene rings is 1. The Morgan fingerprint density at radius 1 is 1.06 bits per heavy atom. The first-order valence-corrected chi connectivity index (χ1v) is 11.1. The summed E-state index contributed by atoms with van der Waals surface area (Å²) in [6.07, 6.45) is 12.4. The fourth-order valence-electron chi connectivity index (χ4n) is 4.92. The van der Waals surface area contributed by atoms with Gasteiger partial charge >= 0.3 is 0 Å². The minimum atomic E-state index is -0.102. The molecule has 0 amide bonds. The minimum absolute atomic E-state index is 0.102. The van der Waals surface area contributed by atoms with Crippen molar-refractivity contribution in [3.63, 3.8) is 0 Å². The standard InChI is InChI=1S/C25H24FN5/c1-15-11-23(17-5-6-17)27-12-20(15)21-13-28-24(31-14-29-30-25(21)31)10-8-19-18-4-2-3-16(18)7-9-22(19)26/h7,9,11-14,17H,2-6,8,10H2,1H3. The second-order valence-corrected chi connectivity index (χ2v) is 8.83.